The molecule has 1 N–H and O–H groups in total. The number of benzene rings is 2. The van der Waals surface area contributed by atoms with Gasteiger partial charge in [-0.05, 0) is 30.2 Å². The maximum atomic E-state index is 13.2. The molecule has 0 saturated carbocycles. The van der Waals surface area contributed by atoms with Crippen molar-refractivity contribution in [3.8, 4) is 0 Å². The molecule has 140 valence electrons. The molecular formula is C21H18N4O3. The zero-order valence-corrected chi connectivity index (χ0v) is 15.0. The summed E-state index contributed by atoms with van der Waals surface area (Å²) in [6.45, 7) is 0.821. The van der Waals surface area contributed by atoms with Gasteiger partial charge in [-0.3, -0.25) is 14.9 Å². The molecule has 3 aromatic rings. The Labute approximate surface area is 161 Å². The molecule has 0 fully saturated rings. The first-order chi connectivity index (χ1) is 13.6. The Kier molecular flexibility index (Phi) is 4.72. The number of aromatic nitrogens is 1. The van der Waals surface area contributed by atoms with Crippen molar-refractivity contribution in [3.05, 3.63) is 93.7 Å². The number of carbonyl (C=O) groups excluding carboxylic acids is 1. The normalized spacial score (nSPS) is 12.5. The lowest BCUT2D eigenvalue weighted by atomic mass is 10.1. The number of pyridine rings is 1. The molecule has 0 atom stereocenters. The Bertz CT molecular complexity index is 1050. The Balaban J connectivity index is 1.58. The van der Waals surface area contributed by atoms with Gasteiger partial charge in [-0.25, -0.2) is 4.98 Å². The maximum absolute atomic E-state index is 13.2. The molecule has 0 unspecified atom stereocenters. The van der Waals surface area contributed by atoms with E-state index in [2.05, 4.69) is 10.3 Å². The van der Waals surface area contributed by atoms with Gasteiger partial charge < -0.3 is 10.2 Å². The topological polar surface area (TPSA) is 88.4 Å². The van der Waals surface area contributed by atoms with E-state index >= 15 is 0 Å². The van der Waals surface area contributed by atoms with Crippen molar-refractivity contribution < 1.29 is 9.72 Å². The predicted molar refractivity (Wildman–Crippen MR) is 106 cm³/mol. The third-order valence-corrected chi connectivity index (χ3v) is 4.81. The molecular weight excluding hydrogens is 356 g/mol. The molecule has 7 nitrogen and oxygen atoms in total. The van der Waals surface area contributed by atoms with Crippen LogP contribution in [0.4, 0.5) is 17.2 Å². The highest BCUT2D eigenvalue weighted by atomic mass is 16.6. The summed E-state index contributed by atoms with van der Waals surface area (Å²) in [5, 5.41) is 14.3. The van der Waals surface area contributed by atoms with Gasteiger partial charge in [0.2, 0.25) is 0 Å². The van der Waals surface area contributed by atoms with Gasteiger partial charge in [0.25, 0.3) is 11.6 Å². The number of nitrogens with one attached hydrogen (secondary N) is 1. The maximum Gasteiger partial charge on any atom is 0.274 e. The lowest BCUT2D eigenvalue weighted by Crippen LogP contribution is -2.29. The van der Waals surface area contributed by atoms with Crippen LogP contribution in [-0.2, 0) is 13.0 Å². The second kappa shape index (κ2) is 7.48. The van der Waals surface area contributed by atoms with Crippen LogP contribution in [0.3, 0.4) is 0 Å². The molecule has 0 radical (unpaired) electrons. The van der Waals surface area contributed by atoms with E-state index in [9.17, 15) is 14.9 Å². The monoisotopic (exact) mass is 374 g/mol. The number of nitrogens with zero attached hydrogens (tertiary/aromatic N) is 3. The van der Waals surface area contributed by atoms with Crippen molar-refractivity contribution in [2.45, 2.75) is 13.0 Å². The van der Waals surface area contributed by atoms with E-state index in [1.54, 1.807) is 41.4 Å². The lowest BCUT2D eigenvalue weighted by Gasteiger charge is -2.19. The molecule has 1 aromatic heterocycles. The van der Waals surface area contributed by atoms with E-state index in [0.717, 1.165) is 17.7 Å². The van der Waals surface area contributed by atoms with E-state index in [-0.39, 0.29) is 18.1 Å². The van der Waals surface area contributed by atoms with Gasteiger partial charge >= 0.3 is 0 Å². The fourth-order valence-electron chi connectivity index (χ4n) is 3.43. The minimum absolute atomic E-state index is 0.0345. The van der Waals surface area contributed by atoms with Crippen LogP contribution in [-0.4, -0.2) is 22.4 Å². The number of amides is 1. The van der Waals surface area contributed by atoms with Crippen molar-refractivity contribution >= 4 is 23.1 Å². The van der Waals surface area contributed by atoms with Crippen LogP contribution in [0, 0.1) is 10.1 Å². The zero-order chi connectivity index (χ0) is 19.5. The van der Waals surface area contributed by atoms with E-state index in [4.69, 9.17) is 0 Å². The third-order valence-electron chi connectivity index (χ3n) is 4.81. The number of rotatable bonds is 5. The van der Waals surface area contributed by atoms with Gasteiger partial charge in [-0.2, -0.15) is 0 Å². The van der Waals surface area contributed by atoms with Gasteiger partial charge in [0.1, 0.15) is 5.82 Å². The molecule has 0 spiro atoms. The number of para-hydroxylation sites is 2. The largest absolute Gasteiger partial charge is 0.365 e. The van der Waals surface area contributed by atoms with E-state index in [1.807, 2.05) is 24.3 Å². The molecule has 2 aromatic carbocycles. The summed E-state index contributed by atoms with van der Waals surface area (Å²) in [5.41, 5.74) is 3.07. The van der Waals surface area contributed by atoms with Crippen LogP contribution in [0.15, 0.2) is 66.9 Å². The third kappa shape index (κ3) is 3.29. The minimum Gasteiger partial charge on any atom is -0.365 e. The summed E-state index contributed by atoms with van der Waals surface area (Å²) in [6, 6.07) is 17.8. The highest BCUT2D eigenvalue weighted by Gasteiger charge is 2.27. The summed E-state index contributed by atoms with van der Waals surface area (Å²) >= 11 is 0. The Morgan fingerprint density at radius 3 is 2.75 bits per heavy atom. The lowest BCUT2D eigenvalue weighted by molar-refractivity contribution is -0.385. The number of hydrogen-bond donors (Lipinski definition) is 1. The van der Waals surface area contributed by atoms with Crippen LogP contribution in [0.25, 0.3) is 0 Å². The van der Waals surface area contributed by atoms with Crippen LogP contribution in [0.1, 0.15) is 21.5 Å². The molecule has 4 rings (SSSR count). The summed E-state index contributed by atoms with van der Waals surface area (Å²) in [4.78, 5) is 30.0. The van der Waals surface area contributed by atoms with Crippen LogP contribution >= 0.6 is 0 Å². The van der Waals surface area contributed by atoms with Gasteiger partial charge in [0.15, 0.2) is 0 Å². The van der Waals surface area contributed by atoms with Gasteiger partial charge in [0.05, 0.1) is 10.5 Å². The fourth-order valence-corrected chi connectivity index (χ4v) is 3.43. The number of nitro benzene ring substituents is 1. The highest BCUT2D eigenvalue weighted by molar-refractivity contribution is 6.10. The number of nitro groups is 1. The molecule has 1 aliphatic rings. The van der Waals surface area contributed by atoms with Crippen molar-refractivity contribution in [3.63, 3.8) is 0 Å². The van der Waals surface area contributed by atoms with Crippen molar-refractivity contribution in [1.29, 1.82) is 0 Å². The molecule has 0 saturated heterocycles. The summed E-state index contributed by atoms with van der Waals surface area (Å²) in [6.07, 6.45) is 2.41. The summed E-state index contributed by atoms with van der Waals surface area (Å²) in [5.74, 6) is 0.276. The molecule has 0 aliphatic carbocycles. The molecule has 7 heteroatoms. The fraction of sp³-hybridized carbons (Fsp3) is 0.143. The first kappa shape index (κ1) is 17.7. The van der Waals surface area contributed by atoms with Crippen molar-refractivity contribution in [2.24, 2.45) is 0 Å². The number of anilines is 2. The summed E-state index contributed by atoms with van der Waals surface area (Å²) in [7, 11) is 0. The average molecular weight is 374 g/mol. The van der Waals surface area contributed by atoms with Crippen molar-refractivity contribution in [1.82, 2.24) is 4.98 Å². The first-order valence-electron chi connectivity index (χ1n) is 8.96. The molecule has 0 bridgehead atoms. The van der Waals surface area contributed by atoms with E-state index in [0.29, 0.717) is 23.5 Å². The van der Waals surface area contributed by atoms with Gasteiger partial charge in [-0.1, -0.05) is 36.4 Å². The SMILES string of the molecule is O=C(c1cccnc1NCc1ccccc1[N+](=O)[O-])N1CCc2ccccc21. The number of fused-ring (bicyclic) bond motifs is 1. The van der Waals surface area contributed by atoms with Gasteiger partial charge in [0, 0.05) is 36.6 Å². The molecule has 1 amide bonds. The second-order valence-corrected chi connectivity index (χ2v) is 6.47. The molecule has 2 heterocycles. The van der Waals surface area contributed by atoms with Crippen LogP contribution in [0.2, 0.25) is 0 Å². The quantitative estimate of drug-likeness (QED) is 0.542. The number of hydrogen-bond acceptors (Lipinski definition) is 5. The standard InChI is InChI=1S/C21H18N4O3/c26-21(24-13-11-15-6-1-3-9-18(15)24)17-8-5-12-22-20(17)23-14-16-7-2-4-10-19(16)25(27)28/h1-10,12H,11,13-14H2,(H,22,23). The van der Waals surface area contributed by atoms with E-state index < -0.39 is 4.92 Å². The van der Waals surface area contributed by atoms with Crippen LogP contribution < -0.4 is 10.2 Å². The predicted octanol–water partition coefficient (Wildman–Crippen LogP) is 3.80. The smallest absolute Gasteiger partial charge is 0.274 e. The Morgan fingerprint density at radius 2 is 1.89 bits per heavy atom. The average Bonchev–Trinajstić information content (AvgIpc) is 3.16. The molecule has 28 heavy (non-hydrogen) atoms. The minimum atomic E-state index is -0.414. The van der Waals surface area contributed by atoms with Crippen LogP contribution in [0.5, 0.6) is 0 Å². The molecule has 1 aliphatic heterocycles. The Hall–Kier alpha value is -3.74. The van der Waals surface area contributed by atoms with Gasteiger partial charge in [-0.15, -0.1) is 0 Å². The van der Waals surface area contributed by atoms with E-state index in [1.165, 1.54) is 6.07 Å². The first-order valence-corrected chi connectivity index (χ1v) is 8.96. The zero-order valence-electron chi connectivity index (χ0n) is 15.0. The number of carbonyl (C=O) groups is 1. The summed E-state index contributed by atoms with van der Waals surface area (Å²) < 4.78 is 0. The van der Waals surface area contributed by atoms with Crippen molar-refractivity contribution in [2.75, 3.05) is 16.8 Å². The Morgan fingerprint density at radius 1 is 1.11 bits per heavy atom. The highest BCUT2D eigenvalue weighted by Crippen LogP contribution is 2.30. The second-order valence-electron chi connectivity index (χ2n) is 6.47.